The highest BCUT2D eigenvalue weighted by Crippen LogP contribution is 2.41. The van der Waals surface area contributed by atoms with Gasteiger partial charge in [0.15, 0.2) is 9.84 Å². The van der Waals surface area contributed by atoms with Crippen LogP contribution < -0.4 is 15.4 Å². The Bertz CT molecular complexity index is 1040. The van der Waals surface area contributed by atoms with Gasteiger partial charge in [0.2, 0.25) is 5.91 Å². The van der Waals surface area contributed by atoms with Crippen LogP contribution >= 0.6 is 23.2 Å². The summed E-state index contributed by atoms with van der Waals surface area (Å²) in [6.45, 7) is -0.413. The molecule has 0 aliphatic rings. The molecule has 2 aromatic carbocycles. The first-order valence-electron chi connectivity index (χ1n) is 7.81. The SMILES string of the molecule is COc1cc(NCC(=O)Nc2cccc(C(F)(F)F)c2)c(Cl)c(S(C)(=O)=O)c1Cl. The number of rotatable bonds is 6. The van der Waals surface area contributed by atoms with E-state index >= 15 is 0 Å². The molecule has 0 radical (unpaired) electrons. The summed E-state index contributed by atoms with van der Waals surface area (Å²) in [4.78, 5) is 11.7. The molecule has 158 valence electrons. The van der Waals surface area contributed by atoms with Crippen molar-refractivity contribution in [3.63, 3.8) is 0 Å². The maximum Gasteiger partial charge on any atom is 0.416 e. The molecule has 12 heteroatoms. The van der Waals surface area contributed by atoms with E-state index in [0.717, 1.165) is 24.5 Å². The molecule has 0 aliphatic carbocycles. The van der Waals surface area contributed by atoms with E-state index in [0.29, 0.717) is 0 Å². The van der Waals surface area contributed by atoms with Gasteiger partial charge in [-0.15, -0.1) is 0 Å². The highest BCUT2D eigenvalue weighted by atomic mass is 35.5. The summed E-state index contributed by atoms with van der Waals surface area (Å²) in [5, 5.41) is 4.48. The zero-order valence-electron chi connectivity index (χ0n) is 15.0. The Morgan fingerprint density at radius 3 is 2.38 bits per heavy atom. The van der Waals surface area contributed by atoms with Crippen molar-refractivity contribution in [2.45, 2.75) is 11.1 Å². The highest BCUT2D eigenvalue weighted by Gasteiger charge is 2.30. The molecular formula is C17H15Cl2F3N2O4S. The van der Waals surface area contributed by atoms with Crippen molar-refractivity contribution < 1.29 is 31.1 Å². The molecule has 2 rings (SSSR count). The van der Waals surface area contributed by atoms with E-state index < -0.39 is 34.0 Å². The lowest BCUT2D eigenvalue weighted by Crippen LogP contribution is -2.22. The molecule has 0 aromatic heterocycles. The van der Waals surface area contributed by atoms with E-state index in [1.165, 1.54) is 19.2 Å². The van der Waals surface area contributed by atoms with Crippen molar-refractivity contribution in [3.8, 4) is 5.75 Å². The van der Waals surface area contributed by atoms with Crippen LogP contribution in [0.15, 0.2) is 35.2 Å². The highest BCUT2D eigenvalue weighted by molar-refractivity contribution is 7.91. The van der Waals surface area contributed by atoms with E-state index in [4.69, 9.17) is 27.9 Å². The second-order valence-electron chi connectivity index (χ2n) is 5.84. The van der Waals surface area contributed by atoms with E-state index in [1.807, 2.05) is 0 Å². The molecule has 0 aliphatic heterocycles. The summed E-state index contributed by atoms with van der Waals surface area (Å²) in [7, 11) is -2.55. The minimum atomic E-state index is -4.55. The Morgan fingerprint density at radius 1 is 1.17 bits per heavy atom. The third kappa shape index (κ3) is 5.68. The number of anilines is 2. The fourth-order valence-electron chi connectivity index (χ4n) is 2.35. The van der Waals surface area contributed by atoms with Gasteiger partial charge in [0.25, 0.3) is 0 Å². The Kier molecular flexibility index (Phi) is 6.92. The number of alkyl halides is 3. The summed E-state index contributed by atoms with van der Waals surface area (Å²) in [5.74, 6) is -0.674. The Hall–Kier alpha value is -2.17. The lowest BCUT2D eigenvalue weighted by atomic mass is 10.2. The van der Waals surface area contributed by atoms with Gasteiger partial charge in [0, 0.05) is 18.0 Å². The zero-order valence-corrected chi connectivity index (χ0v) is 17.4. The second-order valence-corrected chi connectivity index (χ2v) is 8.54. The molecular weight excluding hydrogens is 456 g/mol. The quantitative estimate of drug-likeness (QED) is 0.650. The number of hydrogen-bond acceptors (Lipinski definition) is 5. The molecule has 1 amide bonds. The molecule has 2 aromatic rings. The van der Waals surface area contributed by atoms with Gasteiger partial charge in [-0.1, -0.05) is 29.3 Å². The molecule has 0 saturated heterocycles. The van der Waals surface area contributed by atoms with Crippen molar-refractivity contribution in [1.29, 1.82) is 0 Å². The van der Waals surface area contributed by atoms with E-state index in [1.54, 1.807) is 0 Å². The number of halogens is 5. The average Bonchev–Trinajstić information content (AvgIpc) is 2.59. The summed E-state index contributed by atoms with van der Waals surface area (Å²) in [5.41, 5.74) is -0.915. The lowest BCUT2D eigenvalue weighted by Gasteiger charge is -2.15. The van der Waals surface area contributed by atoms with Crippen molar-refractivity contribution in [3.05, 3.63) is 45.9 Å². The van der Waals surface area contributed by atoms with Crippen molar-refractivity contribution in [1.82, 2.24) is 0 Å². The molecule has 0 unspecified atom stereocenters. The molecule has 29 heavy (non-hydrogen) atoms. The fraction of sp³-hybridized carbons (Fsp3) is 0.235. The predicted molar refractivity (Wildman–Crippen MR) is 105 cm³/mol. The van der Waals surface area contributed by atoms with Gasteiger partial charge in [-0.25, -0.2) is 8.42 Å². The lowest BCUT2D eigenvalue weighted by molar-refractivity contribution is -0.137. The van der Waals surface area contributed by atoms with Crippen LogP contribution in [-0.2, 0) is 20.8 Å². The van der Waals surface area contributed by atoms with Gasteiger partial charge >= 0.3 is 6.18 Å². The number of carbonyl (C=O) groups excluding carboxylic acids is 1. The van der Waals surface area contributed by atoms with Crippen molar-refractivity contribution >= 4 is 50.3 Å². The van der Waals surface area contributed by atoms with Crippen LogP contribution in [0.25, 0.3) is 0 Å². The monoisotopic (exact) mass is 470 g/mol. The molecule has 0 fully saturated rings. The van der Waals surface area contributed by atoms with Crippen LogP contribution in [0.4, 0.5) is 24.5 Å². The van der Waals surface area contributed by atoms with Gasteiger partial charge in [-0.3, -0.25) is 4.79 Å². The molecule has 6 nitrogen and oxygen atoms in total. The predicted octanol–water partition coefficient (Wildman–Crippen LogP) is 4.47. The second kappa shape index (κ2) is 8.68. The first-order chi connectivity index (χ1) is 13.3. The average molecular weight is 471 g/mol. The molecule has 0 saturated carbocycles. The number of amides is 1. The van der Waals surface area contributed by atoms with E-state index in [9.17, 15) is 26.4 Å². The van der Waals surface area contributed by atoms with Gasteiger partial charge < -0.3 is 15.4 Å². The van der Waals surface area contributed by atoms with Gasteiger partial charge in [0.05, 0.1) is 29.9 Å². The largest absolute Gasteiger partial charge is 0.495 e. The standard InChI is InChI=1S/C17H15Cl2F3N2O4S/c1-28-12-7-11(14(18)16(15(12)19)29(2,26)27)23-8-13(25)24-10-5-3-4-9(6-10)17(20,21)22/h3-7,23H,8H2,1-2H3,(H,24,25). The third-order valence-electron chi connectivity index (χ3n) is 3.63. The van der Waals surface area contributed by atoms with Gasteiger partial charge in [-0.2, -0.15) is 13.2 Å². The van der Waals surface area contributed by atoms with Crippen LogP contribution in [-0.4, -0.2) is 34.2 Å². The summed E-state index contributed by atoms with van der Waals surface area (Å²) in [6, 6.07) is 5.42. The van der Waals surface area contributed by atoms with Crippen LogP contribution in [0, 0.1) is 0 Å². The van der Waals surface area contributed by atoms with Crippen LogP contribution in [0.5, 0.6) is 5.75 Å². The van der Waals surface area contributed by atoms with Gasteiger partial charge in [0.1, 0.15) is 15.7 Å². The fourth-order valence-corrected chi connectivity index (χ4v) is 4.54. The molecule has 0 heterocycles. The zero-order chi connectivity index (χ0) is 22.0. The molecule has 0 atom stereocenters. The van der Waals surface area contributed by atoms with Crippen LogP contribution in [0.3, 0.4) is 0 Å². The first kappa shape index (κ1) is 23.1. The number of hydrogen-bond donors (Lipinski definition) is 2. The molecule has 0 bridgehead atoms. The smallest absolute Gasteiger partial charge is 0.416 e. The molecule has 2 N–H and O–H groups in total. The number of benzene rings is 2. The maximum atomic E-state index is 12.7. The Morgan fingerprint density at radius 2 is 1.83 bits per heavy atom. The van der Waals surface area contributed by atoms with Crippen molar-refractivity contribution in [2.75, 3.05) is 30.5 Å². The minimum absolute atomic E-state index is 0.0114. The number of sulfone groups is 1. The van der Waals surface area contributed by atoms with Crippen molar-refractivity contribution in [2.24, 2.45) is 0 Å². The summed E-state index contributed by atoms with van der Waals surface area (Å²) in [6.07, 6.45) is -3.64. The minimum Gasteiger partial charge on any atom is -0.495 e. The summed E-state index contributed by atoms with van der Waals surface area (Å²) < 4.78 is 67.2. The molecule has 0 spiro atoms. The first-order valence-corrected chi connectivity index (χ1v) is 10.5. The Labute approximate surface area is 174 Å². The topological polar surface area (TPSA) is 84.5 Å². The summed E-state index contributed by atoms with van der Waals surface area (Å²) >= 11 is 12.1. The number of ether oxygens (including phenoxy) is 1. The normalized spacial score (nSPS) is 11.8. The van der Waals surface area contributed by atoms with Crippen LogP contribution in [0.2, 0.25) is 10.0 Å². The number of methoxy groups -OCH3 is 1. The van der Waals surface area contributed by atoms with E-state index in [-0.39, 0.29) is 32.1 Å². The number of nitrogens with one attached hydrogen (secondary N) is 2. The van der Waals surface area contributed by atoms with E-state index in [2.05, 4.69) is 10.6 Å². The third-order valence-corrected chi connectivity index (χ3v) is 5.77. The number of carbonyl (C=O) groups is 1. The van der Waals surface area contributed by atoms with Gasteiger partial charge in [-0.05, 0) is 18.2 Å². The maximum absolute atomic E-state index is 12.7. The Balaban J connectivity index is 2.21. The van der Waals surface area contributed by atoms with Crippen LogP contribution in [0.1, 0.15) is 5.56 Å².